The van der Waals surface area contributed by atoms with E-state index in [9.17, 15) is 5.11 Å². The molecule has 2 nitrogen and oxygen atoms in total. The van der Waals surface area contributed by atoms with Crippen LogP contribution in [0.3, 0.4) is 0 Å². The van der Waals surface area contributed by atoms with E-state index in [1.54, 1.807) is 6.92 Å². The van der Waals surface area contributed by atoms with Crippen molar-refractivity contribution in [2.45, 2.75) is 32.4 Å². The molecule has 0 aliphatic heterocycles. The second-order valence-electron chi connectivity index (χ2n) is 3.77. The summed E-state index contributed by atoms with van der Waals surface area (Å²) < 4.78 is 1.09. The van der Waals surface area contributed by atoms with Crippen LogP contribution in [0.25, 0.3) is 0 Å². The number of benzene rings is 1. The normalized spacial score (nSPS) is 14.9. The van der Waals surface area contributed by atoms with Gasteiger partial charge in [-0.2, -0.15) is 0 Å². The zero-order chi connectivity index (χ0) is 11.3. The van der Waals surface area contributed by atoms with E-state index in [0.717, 1.165) is 10.9 Å². The number of rotatable bonds is 5. The molecule has 0 aliphatic carbocycles. The summed E-state index contributed by atoms with van der Waals surface area (Å²) in [5.74, 6) is 0. The van der Waals surface area contributed by atoms with Gasteiger partial charge in [-0.3, -0.25) is 0 Å². The molecule has 0 amide bonds. The summed E-state index contributed by atoms with van der Waals surface area (Å²) in [6.45, 7) is 4.57. The topological polar surface area (TPSA) is 32.3 Å². The van der Waals surface area contributed by atoms with Gasteiger partial charge in [0.15, 0.2) is 0 Å². The molecule has 2 N–H and O–H groups in total. The van der Waals surface area contributed by atoms with Gasteiger partial charge >= 0.3 is 0 Å². The van der Waals surface area contributed by atoms with E-state index >= 15 is 0 Å². The van der Waals surface area contributed by atoms with Crippen LogP contribution in [0.5, 0.6) is 0 Å². The van der Waals surface area contributed by atoms with Gasteiger partial charge in [-0.25, -0.2) is 0 Å². The standard InChI is InChI=1S/C12H18BrNO/c1-3-12(14-8-9(2)15)10-4-6-11(13)7-5-10/h4-7,9,12,14-15H,3,8H2,1-2H3/t9-,12?/m0/s1. The summed E-state index contributed by atoms with van der Waals surface area (Å²) in [6, 6.07) is 8.62. The van der Waals surface area contributed by atoms with Crippen molar-refractivity contribution in [2.75, 3.05) is 6.54 Å². The second kappa shape index (κ2) is 6.26. The highest BCUT2D eigenvalue weighted by atomic mass is 79.9. The van der Waals surface area contributed by atoms with E-state index < -0.39 is 0 Å². The Balaban J connectivity index is 2.61. The first-order valence-corrected chi connectivity index (χ1v) is 6.09. The van der Waals surface area contributed by atoms with Crippen molar-refractivity contribution in [3.8, 4) is 0 Å². The summed E-state index contributed by atoms with van der Waals surface area (Å²) in [7, 11) is 0. The maximum Gasteiger partial charge on any atom is 0.0636 e. The molecule has 0 bridgehead atoms. The molecule has 1 unspecified atom stereocenters. The Labute approximate surface area is 99.8 Å². The lowest BCUT2D eigenvalue weighted by Gasteiger charge is -2.18. The van der Waals surface area contributed by atoms with E-state index in [4.69, 9.17) is 0 Å². The molecule has 0 aliphatic rings. The monoisotopic (exact) mass is 271 g/mol. The highest BCUT2D eigenvalue weighted by Gasteiger charge is 2.08. The molecule has 0 radical (unpaired) electrons. The van der Waals surface area contributed by atoms with Crippen molar-refractivity contribution in [2.24, 2.45) is 0 Å². The predicted octanol–water partition coefficient (Wildman–Crippen LogP) is 2.87. The lowest BCUT2D eigenvalue weighted by Crippen LogP contribution is -2.28. The molecule has 15 heavy (non-hydrogen) atoms. The molecule has 1 aromatic rings. The molecule has 2 atom stereocenters. The number of aliphatic hydroxyl groups excluding tert-OH is 1. The smallest absolute Gasteiger partial charge is 0.0636 e. The maximum atomic E-state index is 9.22. The fourth-order valence-corrected chi connectivity index (χ4v) is 1.77. The van der Waals surface area contributed by atoms with Crippen molar-refractivity contribution >= 4 is 15.9 Å². The number of aliphatic hydroxyl groups is 1. The summed E-state index contributed by atoms with van der Waals surface area (Å²) >= 11 is 3.42. The van der Waals surface area contributed by atoms with E-state index in [-0.39, 0.29) is 6.10 Å². The van der Waals surface area contributed by atoms with Crippen LogP contribution >= 0.6 is 15.9 Å². The quantitative estimate of drug-likeness (QED) is 0.863. The first-order chi connectivity index (χ1) is 7.13. The van der Waals surface area contributed by atoms with Crippen LogP contribution in [0, 0.1) is 0 Å². The Morgan fingerprint density at radius 2 is 1.93 bits per heavy atom. The molecule has 0 saturated carbocycles. The van der Waals surface area contributed by atoms with Crippen molar-refractivity contribution < 1.29 is 5.11 Å². The molecule has 84 valence electrons. The van der Waals surface area contributed by atoms with Crippen LogP contribution in [0.15, 0.2) is 28.7 Å². The second-order valence-corrected chi connectivity index (χ2v) is 4.69. The average molecular weight is 272 g/mol. The van der Waals surface area contributed by atoms with Crippen LogP contribution < -0.4 is 5.32 Å². The third kappa shape index (κ3) is 4.33. The van der Waals surface area contributed by atoms with Crippen molar-refractivity contribution in [1.82, 2.24) is 5.32 Å². The van der Waals surface area contributed by atoms with Crippen LogP contribution in [0.2, 0.25) is 0 Å². The fourth-order valence-electron chi connectivity index (χ4n) is 1.51. The molecule has 0 spiro atoms. The van der Waals surface area contributed by atoms with Gasteiger partial charge in [0.25, 0.3) is 0 Å². The number of hydrogen-bond donors (Lipinski definition) is 2. The molecular formula is C12H18BrNO. The third-order valence-corrected chi connectivity index (χ3v) is 2.87. The van der Waals surface area contributed by atoms with E-state index in [0.29, 0.717) is 12.6 Å². The number of halogens is 1. The van der Waals surface area contributed by atoms with Gasteiger partial charge in [0.2, 0.25) is 0 Å². The minimum absolute atomic E-state index is 0.297. The molecule has 0 aromatic heterocycles. The van der Waals surface area contributed by atoms with Crippen LogP contribution in [0.4, 0.5) is 0 Å². The van der Waals surface area contributed by atoms with Crippen molar-refractivity contribution in [1.29, 1.82) is 0 Å². The summed E-state index contributed by atoms with van der Waals surface area (Å²) in [4.78, 5) is 0. The van der Waals surface area contributed by atoms with Crippen molar-refractivity contribution in [3.63, 3.8) is 0 Å². The Bertz CT molecular complexity index is 284. The van der Waals surface area contributed by atoms with Gasteiger partial charge in [0, 0.05) is 17.1 Å². The summed E-state index contributed by atoms with van der Waals surface area (Å²) in [5, 5.41) is 12.6. The lowest BCUT2D eigenvalue weighted by atomic mass is 10.0. The van der Waals surface area contributed by atoms with E-state index in [1.807, 2.05) is 12.1 Å². The van der Waals surface area contributed by atoms with Crippen LogP contribution in [-0.4, -0.2) is 17.8 Å². The Hall–Kier alpha value is -0.380. The van der Waals surface area contributed by atoms with Gasteiger partial charge in [-0.05, 0) is 31.0 Å². The number of hydrogen-bond acceptors (Lipinski definition) is 2. The van der Waals surface area contributed by atoms with Crippen molar-refractivity contribution in [3.05, 3.63) is 34.3 Å². The van der Waals surface area contributed by atoms with E-state index in [2.05, 4.69) is 40.3 Å². The third-order valence-electron chi connectivity index (χ3n) is 2.34. The van der Waals surface area contributed by atoms with E-state index in [1.165, 1.54) is 5.56 Å². The fraction of sp³-hybridized carbons (Fsp3) is 0.500. The first kappa shape index (κ1) is 12.7. The Morgan fingerprint density at radius 1 is 1.33 bits per heavy atom. The minimum atomic E-state index is -0.297. The maximum absolute atomic E-state index is 9.22. The molecule has 0 heterocycles. The average Bonchev–Trinajstić information content (AvgIpc) is 2.21. The molecule has 0 saturated heterocycles. The van der Waals surface area contributed by atoms with Gasteiger partial charge in [0.1, 0.15) is 0 Å². The van der Waals surface area contributed by atoms with Gasteiger partial charge < -0.3 is 10.4 Å². The molecule has 3 heteroatoms. The zero-order valence-electron chi connectivity index (χ0n) is 9.20. The predicted molar refractivity (Wildman–Crippen MR) is 66.9 cm³/mol. The SMILES string of the molecule is CCC(NC[C@H](C)O)c1ccc(Br)cc1. The summed E-state index contributed by atoms with van der Waals surface area (Å²) in [5.41, 5.74) is 1.27. The molecule has 1 rings (SSSR count). The Kier molecular flexibility index (Phi) is 5.29. The largest absolute Gasteiger partial charge is 0.392 e. The molecule has 0 fully saturated rings. The van der Waals surface area contributed by atoms with Gasteiger partial charge in [0.05, 0.1) is 6.10 Å². The lowest BCUT2D eigenvalue weighted by molar-refractivity contribution is 0.185. The summed E-state index contributed by atoms with van der Waals surface area (Å²) in [6.07, 6.45) is 0.725. The highest BCUT2D eigenvalue weighted by Crippen LogP contribution is 2.19. The van der Waals surface area contributed by atoms with Gasteiger partial charge in [-0.1, -0.05) is 35.0 Å². The van der Waals surface area contributed by atoms with Crippen LogP contribution in [0.1, 0.15) is 31.9 Å². The highest BCUT2D eigenvalue weighted by molar-refractivity contribution is 9.10. The molecule has 1 aromatic carbocycles. The van der Waals surface area contributed by atoms with Crippen LogP contribution in [-0.2, 0) is 0 Å². The number of nitrogens with one attached hydrogen (secondary N) is 1. The molecular weight excluding hydrogens is 254 g/mol. The first-order valence-electron chi connectivity index (χ1n) is 5.30. The Morgan fingerprint density at radius 3 is 2.40 bits per heavy atom. The minimum Gasteiger partial charge on any atom is -0.392 e. The zero-order valence-corrected chi connectivity index (χ0v) is 10.8. The van der Waals surface area contributed by atoms with Gasteiger partial charge in [-0.15, -0.1) is 0 Å².